The van der Waals surface area contributed by atoms with E-state index in [0.717, 1.165) is 30.8 Å². The van der Waals surface area contributed by atoms with Gasteiger partial charge in [-0.15, -0.1) is 0 Å². The van der Waals surface area contributed by atoms with Crippen LogP contribution in [0.2, 0.25) is 0 Å². The molecule has 4 N–H and O–H groups in total. The lowest BCUT2D eigenvalue weighted by Gasteiger charge is -2.31. The smallest absolute Gasteiger partial charge is 0.219 e. The topological polar surface area (TPSA) is 72.4 Å². The van der Waals surface area contributed by atoms with Gasteiger partial charge in [0.15, 0.2) is 0 Å². The average molecular weight is 219 g/mol. The van der Waals surface area contributed by atoms with Crippen LogP contribution in [0, 0.1) is 0 Å². The van der Waals surface area contributed by atoms with Gasteiger partial charge < -0.3 is 16.4 Å². The van der Waals surface area contributed by atoms with Gasteiger partial charge in [0, 0.05) is 30.9 Å². The zero-order chi connectivity index (χ0) is 11.5. The van der Waals surface area contributed by atoms with Crippen LogP contribution in [-0.4, -0.2) is 19.0 Å². The summed E-state index contributed by atoms with van der Waals surface area (Å²) < 4.78 is 0. The molecule has 16 heavy (non-hydrogen) atoms. The standard InChI is InChI=1S/C12H17N3O/c13-10-4-1-5-11-9(10)3-2-7-15(11)8-6-12(14)16/h1,4-5H,2-3,6-8,13H2,(H2,14,16). The third kappa shape index (κ3) is 2.10. The molecular weight excluding hydrogens is 202 g/mol. The number of fused-ring (bicyclic) bond motifs is 1. The van der Waals surface area contributed by atoms with Crippen LogP contribution < -0.4 is 16.4 Å². The van der Waals surface area contributed by atoms with Crippen LogP contribution in [-0.2, 0) is 11.2 Å². The van der Waals surface area contributed by atoms with E-state index in [1.54, 1.807) is 0 Å². The third-order valence-corrected chi connectivity index (χ3v) is 3.01. The molecule has 0 spiro atoms. The maximum absolute atomic E-state index is 10.8. The molecule has 1 aromatic carbocycles. The summed E-state index contributed by atoms with van der Waals surface area (Å²) in [6.45, 7) is 1.66. The fourth-order valence-electron chi connectivity index (χ4n) is 2.21. The van der Waals surface area contributed by atoms with Crippen molar-refractivity contribution < 1.29 is 4.79 Å². The third-order valence-electron chi connectivity index (χ3n) is 3.01. The number of rotatable bonds is 3. The number of primary amides is 1. The van der Waals surface area contributed by atoms with E-state index in [4.69, 9.17) is 11.5 Å². The van der Waals surface area contributed by atoms with E-state index in [9.17, 15) is 4.79 Å². The van der Waals surface area contributed by atoms with E-state index >= 15 is 0 Å². The van der Waals surface area contributed by atoms with E-state index in [2.05, 4.69) is 11.0 Å². The van der Waals surface area contributed by atoms with E-state index in [1.807, 2.05) is 12.1 Å². The van der Waals surface area contributed by atoms with Gasteiger partial charge in [0.05, 0.1) is 0 Å². The number of nitrogen functional groups attached to an aromatic ring is 1. The molecule has 4 nitrogen and oxygen atoms in total. The molecule has 4 heteroatoms. The molecule has 0 aromatic heterocycles. The zero-order valence-corrected chi connectivity index (χ0v) is 9.28. The molecule has 0 bridgehead atoms. The highest BCUT2D eigenvalue weighted by atomic mass is 16.1. The van der Waals surface area contributed by atoms with Crippen molar-refractivity contribution in [3.8, 4) is 0 Å². The molecule has 2 rings (SSSR count). The molecule has 0 unspecified atom stereocenters. The Morgan fingerprint density at radius 3 is 3.00 bits per heavy atom. The second-order valence-corrected chi connectivity index (χ2v) is 4.15. The molecule has 1 amide bonds. The van der Waals surface area contributed by atoms with Gasteiger partial charge in [0.2, 0.25) is 5.91 Å². The minimum atomic E-state index is -0.254. The molecule has 0 aliphatic carbocycles. The minimum Gasteiger partial charge on any atom is -0.398 e. The van der Waals surface area contributed by atoms with E-state index in [-0.39, 0.29) is 5.91 Å². The summed E-state index contributed by atoms with van der Waals surface area (Å²) in [5, 5.41) is 0. The Morgan fingerprint density at radius 2 is 2.25 bits per heavy atom. The summed E-state index contributed by atoms with van der Waals surface area (Å²) in [7, 11) is 0. The van der Waals surface area contributed by atoms with Crippen molar-refractivity contribution in [2.45, 2.75) is 19.3 Å². The first-order valence-corrected chi connectivity index (χ1v) is 5.59. The van der Waals surface area contributed by atoms with Crippen molar-refractivity contribution >= 4 is 17.3 Å². The molecule has 0 atom stereocenters. The molecule has 0 saturated carbocycles. The first kappa shape index (κ1) is 10.8. The Kier molecular flexibility index (Phi) is 2.99. The lowest BCUT2D eigenvalue weighted by Crippen LogP contribution is -2.32. The number of benzene rings is 1. The van der Waals surface area contributed by atoms with Crippen molar-refractivity contribution in [1.82, 2.24) is 0 Å². The van der Waals surface area contributed by atoms with Crippen LogP contribution in [0.15, 0.2) is 18.2 Å². The van der Waals surface area contributed by atoms with Gasteiger partial charge in [0.25, 0.3) is 0 Å². The number of carbonyl (C=O) groups excluding carboxylic acids is 1. The normalized spacial score (nSPS) is 14.6. The molecule has 0 fully saturated rings. The van der Waals surface area contributed by atoms with Gasteiger partial charge in [-0.25, -0.2) is 0 Å². The number of nitrogens with two attached hydrogens (primary N) is 2. The molecule has 0 saturated heterocycles. The lowest BCUT2D eigenvalue weighted by molar-refractivity contribution is -0.117. The number of hydrogen-bond donors (Lipinski definition) is 2. The molecule has 1 aliphatic rings. The Balaban J connectivity index is 2.19. The average Bonchev–Trinajstić information content (AvgIpc) is 2.27. The highest BCUT2D eigenvalue weighted by Crippen LogP contribution is 2.31. The summed E-state index contributed by atoms with van der Waals surface area (Å²) in [4.78, 5) is 13.0. The van der Waals surface area contributed by atoms with Crippen molar-refractivity contribution in [2.24, 2.45) is 5.73 Å². The van der Waals surface area contributed by atoms with Gasteiger partial charge in [-0.3, -0.25) is 4.79 Å². The summed E-state index contributed by atoms with van der Waals surface area (Å²) in [6.07, 6.45) is 2.50. The van der Waals surface area contributed by atoms with E-state index < -0.39 is 0 Å². The van der Waals surface area contributed by atoms with E-state index in [0.29, 0.717) is 13.0 Å². The molecule has 0 radical (unpaired) electrons. The highest BCUT2D eigenvalue weighted by Gasteiger charge is 2.18. The van der Waals surface area contributed by atoms with Crippen LogP contribution in [0.4, 0.5) is 11.4 Å². The van der Waals surface area contributed by atoms with Gasteiger partial charge in [0.1, 0.15) is 0 Å². The minimum absolute atomic E-state index is 0.254. The molecule has 86 valence electrons. The first-order valence-electron chi connectivity index (χ1n) is 5.59. The van der Waals surface area contributed by atoms with Gasteiger partial charge in [-0.05, 0) is 30.5 Å². The number of hydrogen-bond acceptors (Lipinski definition) is 3. The predicted molar refractivity (Wildman–Crippen MR) is 65.2 cm³/mol. The van der Waals surface area contributed by atoms with Crippen molar-refractivity contribution in [2.75, 3.05) is 23.7 Å². The summed E-state index contributed by atoms with van der Waals surface area (Å²) >= 11 is 0. The predicted octanol–water partition coefficient (Wildman–Crippen LogP) is 0.897. The lowest BCUT2D eigenvalue weighted by atomic mass is 10.00. The molecule has 1 aromatic rings. The first-order chi connectivity index (χ1) is 7.68. The number of anilines is 2. The molecule has 1 heterocycles. The maximum atomic E-state index is 10.8. The fraction of sp³-hybridized carbons (Fsp3) is 0.417. The van der Waals surface area contributed by atoms with Gasteiger partial charge in [-0.2, -0.15) is 0 Å². The quantitative estimate of drug-likeness (QED) is 0.742. The zero-order valence-electron chi connectivity index (χ0n) is 9.28. The van der Waals surface area contributed by atoms with Crippen molar-refractivity contribution in [3.05, 3.63) is 23.8 Å². The van der Waals surface area contributed by atoms with Crippen LogP contribution >= 0.6 is 0 Å². The van der Waals surface area contributed by atoms with E-state index in [1.165, 1.54) is 5.56 Å². The Bertz CT molecular complexity index is 403. The maximum Gasteiger partial charge on any atom is 0.219 e. The van der Waals surface area contributed by atoms with Gasteiger partial charge >= 0.3 is 0 Å². The largest absolute Gasteiger partial charge is 0.398 e. The highest BCUT2D eigenvalue weighted by molar-refractivity contribution is 5.75. The number of carbonyl (C=O) groups is 1. The Morgan fingerprint density at radius 1 is 1.44 bits per heavy atom. The van der Waals surface area contributed by atoms with Crippen molar-refractivity contribution in [1.29, 1.82) is 0 Å². The fourth-order valence-corrected chi connectivity index (χ4v) is 2.21. The summed E-state index contributed by atoms with van der Waals surface area (Å²) in [5.74, 6) is -0.254. The number of nitrogens with zero attached hydrogens (tertiary/aromatic N) is 1. The van der Waals surface area contributed by atoms with Crippen LogP contribution in [0.5, 0.6) is 0 Å². The van der Waals surface area contributed by atoms with Gasteiger partial charge in [-0.1, -0.05) is 6.07 Å². The second-order valence-electron chi connectivity index (χ2n) is 4.15. The summed E-state index contributed by atoms with van der Waals surface area (Å²) in [5.41, 5.74) is 14.3. The molecular formula is C12H17N3O. The Hall–Kier alpha value is -1.71. The SMILES string of the molecule is NC(=O)CCN1CCCc2c(N)cccc21. The van der Waals surface area contributed by atoms with Crippen LogP contribution in [0.1, 0.15) is 18.4 Å². The van der Waals surface area contributed by atoms with Crippen molar-refractivity contribution in [3.63, 3.8) is 0 Å². The Labute approximate surface area is 95.2 Å². The second kappa shape index (κ2) is 4.43. The summed E-state index contributed by atoms with van der Waals surface area (Å²) in [6, 6.07) is 5.94. The monoisotopic (exact) mass is 219 g/mol. The number of amides is 1. The van der Waals surface area contributed by atoms with Crippen LogP contribution in [0.25, 0.3) is 0 Å². The van der Waals surface area contributed by atoms with Crippen LogP contribution in [0.3, 0.4) is 0 Å². The molecule has 1 aliphatic heterocycles.